The number of aromatic nitrogens is 2. The van der Waals surface area contributed by atoms with Crippen LogP contribution in [0, 0.1) is 11.3 Å². The maximum absolute atomic E-state index is 8.82. The minimum Gasteiger partial charge on any atom is -0.357 e. The Morgan fingerprint density at radius 2 is 2.10 bits per heavy atom. The van der Waals surface area contributed by atoms with Gasteiger partial charge in [-0.15, -0.1) is 0 Å². The first kappa shape index (κ1) is 14.1. The molecule has 1 aromatic carbocycles. The van der Waals surface area contributed by atoms with Gasteiger partial charge in [0, 0.05) is 19.3 Å². The topological polar surface area (TPSA) is 64.8 Å². The summed E-state index contributed by atoms with van der Waals surface area (Å²) in [6.07, 6.45) is 1.93. The van der Waals surface area contributed by atoms with Gasteiger partial charge in [0.15, 0.2) is 5.82 Å². The monoisotopic (exact) mass is 287 g/mol. The van der Waals surface area contributed by atoms with Crippen LogP contribution in [0.25, 0.3) is 0 Å². The summed E-state index contributed by atoms with van der Waals surface area (Å²) in [7, 11) is 1.75. The van der Waals surface area contributed by atoms with Crippen LogP contribution >= 0.6 is 11.6 Å². The molecule has 0 aliphatic heterocycles. The molecule has 102 valence electrons. The standard InChI is InChI=1S/C14H14ClN5/c1-17-14-18-10-12(15)13(19-14)20(9-5-8-16)11-6-3-2-4-7-11/h2-4,6-7,10H,5,9H2,1H3,(H,17,18,19). The van der Waals surface area contributed by atoms with Gasteiger partial charge in [-0.1, -0.05) is 29.8 Å². The maximum Gasteiger partial charge on any atom is 0.224 e. The fraction of sp³-hybridized carbons (Fsp3) is 0.214. The van der Waals surface area contributed by atoms with Gasteiger partial charge in [0.05, 0.1) is 18.7 Å². The smallest absolute Gasteiger partial charge is 0.224 e. The normalized spacial score (nSPS) is 9.85. The zero-order valence-electron chi connectivity index (χ0n) is 11.0. The van der Waals surface area contributed by atoms with Crippen LogP contribution in [-0.2, 0) is 0 Å². The molecule has 0 unspecified atom stereocenters. The molecule has 0 saturated heterocycles. The summed E-state index contributed by atoms with van der Waals surface area (Å²) in [5.41, 5.74) is 0.936. The van der Waals surface area contributed by atoms with Crippen LogP contribution < -0.4 is 10.2 Å². The molecule has 5 nitrogen and oxygen atoms in total. The molecular weight excluding hydrogens is 274 g/mol. The number of halogens is 1. The Morgan fingerprint density at radius 3 is 2.75 bits per heavy atom. The van der Waals surface area contributed by atoms with E-state index in [1.54, 1.807) is 13.2 Å². The Bertz CT molecular complexity index is 609. The van der Waals surface area contributed by atoms with Crippen LogP contribution in [0.4, 0.5) is 17.5 Å². The molecule has 1 aromatic heterocycles. The Morgan fingerprint density at radius 1 is 1.35 bits per heavy atom. The van der Waals surface area contributed by atoms with Crippen molar-refractivity contribution in [2.24, 2.45) is 0 Å². The molecule has 20 heavy (non-hydrogen) atoms. The zero-order valence-corrected chi connectivity index (χ0v) is 11.8. The fourth-order valence-corrected chi connectivity index (χ4v) is 1.99. The average molecular weight is 288 g/mol. The van der Waals surface area contributed by atoms with Crippen molar-refractivity contribution in [3.8, 4) is 6.07 Å². The van der Waals surface area contributed by atoms with E-state index in [1.807, 2.05) is 35.2 Å². The highest BCUT2D eigenvalue weighted by molar-refractivity contribution is 6.33. The second kappa shape index (κ2) is 6.73. The molecule has 0 saturated carbocycles. The van der Waals surface area contributed by atoms with Gasteiger partial charge in [-0.05, 0) is 12.1 Å². The van der Waals surface area contributed by atoms with E-state index in [0.29, 0.717) is 29.8 Å². The molecule has 2 aromatic rings. The van der Waals surface area contributed by atoms with Crippen molar-refractivity contribution in [2.45, 2.75) is 6.42 Å². The first-order chi connectivity index (χ1) is 9.76. The summed E-state index contributed by atoms with van der Waals surface area (Å²) in [6.45, 7) is 0.514. The Balaban J connectivity index is 2.44. The second-order valence-corrected chi connectivity index (χ2v) is 4.42. The third kappa shape index (κ3) is 3.16. The molecule has 1 heterocycles. The van der Waals surface area contributed by atoms with E-state index in [-0.39, 0.29) is 0 Å². The van der Waals surface area contributed by atoms with Crippen molar-refractivity contribution in [3.63, 3.8) is 0 Å². The van der Waals surface area contributed by atoms with Crippen LogP contribution in [0.3, 0.4) is 0 Å². The van der Waals surface area contributed by atoms with E-state index in [4.69, 9.17) is 16.9 Å². The maximum atomic E-state index is 8.82. The van der Waals surface area contributed by atoms with Crippen LogP contribution in [-0.4, -0.2) is 23.6 Å². The van der Waals surface area contributed by atoms with Crippen molar-refractivity contribution in [2.75, 3.05) is 23.8 Å². The van der Waals surface area contributed by atoms with Crippen molar-refractivity contribution in [1.82, 2.24) is 9.97 Å². The largest absolute Gasteiger partial charge is 0.357 e. The van der Waals surface area contributed by atoms with Gasteiger partial charge in [0.25, 0.3) is 0 Å². The number of nitrogens with zero attached hydrogens (tertiary/aromatic N) is 4. The van der Waals surface area contributed by atoms with Crippen LogP contribution in [0.2, 0.25) is 5.02 Å². The predicted molar refractivity (Wildman–Crippen MR) is 80.3 cm³/mol. The van der Waals surface area contributed by atoms with E-state index in [2.05, 4.69) is 21.4 Å². The molecule has 0 fully saturated rings. The highest BCUT2D eigenvalue weighted by atomic mass is 35.5. The minimum atomic E-state index is 0.379. The summed E-state index contributed by atoms with van der Waals surface area (Å²) in [5.74, 6) is 1.08. The molecule has 0 bridgehead atoms. The van der Waals surface area contributed by atoms with E-state index in [1.165, 1.54) is 0 Å². The molecule has 0 aliphatic carbocycles. The van der Waals surface area contributed by atoms with Crippen LogP contribution in [0.5, 0.6) is 0 Å². The number of rotatable bonds is 5. The molecule has 0 aliphatic rings. The lowest BCUT2D eigenvalue weighted by Gasteiger charge is -2.23. The van der Waals surface area contributed by atoms with Crippen molar-refractivity contribution in [3.05, 3.63) is 41.6 Å². The third-order valence-corrected chi connectivity index (χ3v) is 2.99. The Labute approximate surface area is 122 Å². The Hall–Kier alpha value is -2.32. The van der Waals surface area contributed by atoms with E-state index < -0.39 is 0 Å². The predicted octanol–water partition coefficient (Wildman–Crippen LogP) is 3.22. The van der Waals surface area contributed by atoms with Gasteiger partial charge in [0.2, 0.25) is 5.95 Å². The lowest BCUT2D eigenvalue weighted by molar-refractivity contribution is 0.921. The Kier molecular flexibility index (Phi) is 4.75. The first-order valence-electron chi connectivity index (χ1n) is 6.16. The van der Waals surface area contributed by atoms with E-state index >= 15 is 0 Å². The fourth-order valence-electron chi connectivity index (χ4n) is 1.79. The van der Waals surface area contributed by atoms with Crippen molar-refractivity contribution < 1.29 is 0 Å². The zero-order chi connectivity index (χ0) is 14.4. The summed E-state index contributed by atoms with van der Waals surface area (Å²) >= 11 is 6.20. The van der Waals surface area contributed by atoms with Gasteiger partial charge in [-0.25, -0.2) is 4.98 Å². The quantitative estimate of drug-likeness (QED) is 0.914. The number of hydrogen-bond acceptors (Lipinski definition) is 5. The van der Waals surface area contributed by atoms with Gasteiger partial charge >= 0.3 is 0 Å². The molecule has 0 atom stereocenters. The number of anilines is 3. The molecule has 2 rings (SSSR count). The van der Waals surface area contributed by atoms with E-state index in [9.17, 15) is 0 Å². The van der Waals surface area contributed by atoms with Crippen molar-refractivity contribution >= 4 is 29.1 Å². The SMILES string of the molecule is CNc1ncc(Cl)c(N(CCC#N)c2ccccc2)n1. The molecule has 1 N–H and O–H groups in total. The highest BCUT2D eigenvalue weighted by Crippen LogP contribution is 2.30. The van der Waals surface area contributed by atoms with Crippen LogP contribution in [0.15, 0.2) is 36.5 Å². The molecule has 6 heteroatoms. The number of nitriles is 1. The molecular formula is C14H14ClN5. The third-order valence-electron chi connectivity index (χ3n) is 2.72. The summed E-state index contributed by atoms with van der Waals surface area (Å²) in [6, 6.07) is 11.9. The van der Waals surface area contributed by atoms with Gasteiger partial charge < -0.3 is 10.2 Å². The number of nitrogens with one attached hydrogen (secondary N) is 1. The van der Waals surface area contributed by atoms with E-state index in [0.717, 1.165) is 5.69 Å². The molecule has 0 spiro atoms. The van der Waals surface area contributed by atoms with Gasteiger partial charge in [-0.2, -0.15) is 10.2 Å². The summed E-state index contributed by atoms with van der Waals surface area (Å²) < 4.78 is 0. The minimum absolute atomic E-state index is 0.379. The lowest BCUT2D eigenvalue weighted by Crippen LogP contribution is -2.20. The number of hydrogen-bond donors (Lipinski definition) is 1. The van der Waals surface area contributed by atoms with Crippen LogP contribution in [0.1, 0.15) is 6.42 Å². The second-order valence-electron chi connectivity index (χ2n) is 4.01. The lowest BCUT2D eigenvalue weighted by atomic mass is 10.2. The van der Waals surface area contributed by atoms with Gasteiger partial charge in [0.1, 0.15) is 5.02 Å². The summed E-state index contributed by atoms with van der Waals surface area (Å²) in [4.78, 5) is 10.4. The number of benzene rings is 1. The highest BCUT2D eigenvalue weighted by Gasteiger charge is 2.15. The number of para-hydroxylation sites is 1. The van der Waals surface area contributed by atoms with Gasteiger partial charge in [-0.3, -0.25) is 0 Å². The summed E-state index contributed by atoms with van der Waals surface area (Å²) in [5, 5.41) is 12.2. The average Bonchev–Trinajstić information content (AvgIpc) is 2.50. The van der Waals surface area contributed by atoms with Crippen molar-refractivity contribution in [1.29, 1.82) is 5.26 Å². The first-order valence-corrected chi connectivity index (χ1v) is 6.54. The molecule has 0 amide bonds. The molecule has 0 radical (unpaired) electrons.